The maximum Gasteiger partial charge on any atom is 0.398 e. The maximum absolute atomic E-state index is 4.84. The Labute approximate surface area is 48.0 Å². The molecular weight excluding hydrogens is 120 g/mol. The summed E-state index contributed by atoms with van der Waals surface area (Å²) >= 11 is 3.56. The molecule has 2 nitrogen and oxygen atoms in total. The van der Waals surface area contributed by atoms with Crippen LogP contribution < -0.4 is 22.8 Å². The van der Waals surface area contributed by atoms with Crippen molar-refractivity contribution in [2.24, 2.45) is 5.73 Å². The summed E-state index contributed by atoms with van der Waals surface area (Å²) in [5, 5.41) is 0.213. The summed E-state index contributed by atoms with van der Waals surface area (Å²) in [4.78, 5) is 0. The van der Waals surface area contributed by atoms with E-state index in [2.05, 4.69) is 24.0 Å². The zero-order valence-corrected chi connectivity index (χ0v) is 4.71. The van der Waals surface area contributed by atoms with Crippen LogP contribution in [0.1, 0.15) is 0 Å². The van der Waals surface area contributed by atoms with Crippen LogP contribution in [-0.4, -0.2) is 11.9 Å². The van der Waals surface area contributed by atoms with Crippen LogP contribution in [0, 0.1) is 0 Å². The van der Waals surface area contributed by atoms with Gasteiger partial charge in [0.1, 0.15) is 0 Å². The average Bonchev–Trinajstić information content (AvgIpc) is 1.38. The molecule has 0 aromatic heterocycles. The predicted molar refractivity (Wildman–Crippen MR) is 27.4 cm³/mol. The van der Waals surface area contributed by atoms with Gasteiger partial charge in [-0.1, -0.05) is 0 Å². The van der Waals surface area contributed by atoms with E-state index in [1.165, 1.54) is 0 Å². The lowest BCUT2D eigenvalue weighted by atomic mass is 11.3. The van der Waals surface area contributed by atoms with Gasteiger partial charge in [-0.15, -0.1) is 0 Å². The summed E-state index contributed by atoms with van der Waals surface area (Å²) in [7, 11) is 0. The van der Waals surface area contributed by atoms with Crippen LogP contribution in [0.2, 0.25) is 0 Å². The molecule has 0 aliphatic rings. The molecule has 0 aliphatic heterocycles. The molecule has 0 bridgehead atoms. The van der Waals surface area contributed by atoms with E-state index in [0.717, 1.165) is 0 Å². The molecule has 0 amide bonds. The van der Waals surface area contributed by atoms with E-state index in [1.54, 1.807) is 0 Å². The van der Waals surface area contributed by atoms with E-state index in [-0.39, 0.29) is 17.6 Å². The van der Waals surface area contributed by atoms with Gasteiger partial charge < -0.3 is 12.4 Å². The normalized spacial score (nSPS) is 4.83. The van der Waals surface area contributed by atoms with Gasteiger partial charge in [-0.2, -0.15) is 0 Å². The summed E-state index contributed by atoms with van der Waals surface area (Å²) < 4.78 is 3.20. The summed E-state index contributed by atoms with van der Waals surface area (Å²) in [6.07, 6.45) is 0. The third-order valence-electron chi connectivity index (χ3n) is 0.162. The molecule has 0 aromatic rings. The molecule has 0 saturated carbocycles. The molecule has 0 atom stereocenters. The Bertz CT molecular complexity index is 71.6. The molecule has 0 aliphatic carbocycles. The highest BCUT2D eigenvalue weighted by molar-refractivity contribution is 7.96. The average molecular weight is 125 g/mol. The molecule has 0 saturated heterocycles. The van der Waals surface area contributed by atoms with Crippen molar-refractivity contribution in [3.63, 3.8) is 0 Å². The minimum absolute atomic E-state index is 0. The van der Waals surface area contributed by atoms with Gasteiger partial charge in [0.25, 0.3) is 0 Å². The first-order valence-corrected chi connectivity index (χ1v) is 1.50. The molecule has 2 N–H and O–H groups in total. The Morgan fingerprint density at radius 2 is 2.00 bits per heavy atom. The Balaban J connectivity index is 0. The largest absolute Gasteiger partial charge is 1.00 e. The molecule has 0 unspecified atom stereocenters. The Morgan fingerprint density at radius 3 is 2.00 bits per heavy atom. The standard InChI is InChI=1S/C2H4N2S.ClH/c1-4-2(3)5;/h1H2,(H2,3,5);1H. The van der Waals surface area contributed by atoms with E-state index < -0.39 is 0 Å². The number of hydrogen-bond donors (Lipinski definition) is 2. The summed E-state index contributed by atoms with van der Waals surface area (Å²) in [5.74, 6) is 0. The van der Waals surface area contributed by atoms with Crippen molar-refractivity contribution in [2.45, 2.75) is 0 Å². The third kappa shape index (κ3) is 9.10. The molecular formula is C2H5ClN2S. The number of hydrogen-bond acceptors (Lipinski definition) is 0. The van der Waals surface area contributed by atoms with E-state index in [9.17, 15) is 0 Å². The lowest BCUT2D eigenvalue weighted by molar-refractivity contribution is -0.00000114. The molecule has 0 rings (SSSR count). The number of thiol groups is 1. The molecule has 4 heteroatoms. The molecule has 36 valence electrons. The van der Waals surface area contributed by atoms with E-state index in [1.807, 2.05) is 0 Å². The number of amidine groups is 1. The molecule has 6 heavy (non-hydrogen) atoms. The van der Waals surface area contributed by atoms with Gasteiger partial charge in [0.05, 0.1) is 0 Å². The highest BCUT2D eigenvalue weighted by Gasteiger charge is 1.75. The van der Waals surface area contributed by atoms with Gasteiger partial charge >= 0.3 is 5.17 Å². The Morgan fingerprint density at radius 1 is 1.83 bits per heavy atom. The molecule has 0 fully saturated rings. The fraction of sp³-hybridized carbons (Fsp3) is 0. The second kappa shape index (κ2) is 4.89. The lowest BCUT2D eigenvalue weighted by Gasteiger charge is -1.54. The number of nitrogens with two attached hydrogens (primary N) is 1. The fourth-order valence-electron chi connectivity index (χ4n) is 0. The van der Waals surface area contributed by atoms with E-state index >= 15 is 0 Å². The van der Waals surface area contributed by atoms with Crippen molar-refractivity contribution in [2.75, 3.05) is 0 Å². The van der Waals surface area contributed by atoms with Crippen LogP contribution >= 0.6 is 12.6 Å². The third-order valence-corrected chi connectivity index (χ3v) is 0.303. The number of rotatable bonds is 0. The predicted octanol–water partition coefficient (Wildman–Crippen LogP) is -4.00. The van der Waals surface area contributed by atoms with Crippen LogP contribution in [0.15, 0.2) is 0 Å². The van der Waals surface area contributed by atoms with Gasteiger partial charge in [-0.25, -0.2) is 4.67 Å². The van der Waals surface area contributed by atoms with Crippen molar-refractivity contribution in [3.05, 3.63) is 0 Å². The van der Waals surface area contributed by atoms with Crippen molar-refractivity contribution < 1.29 is 12.4 Å². The molecule has 0 radical (unpaired) electrons. The maximum atomic E-state index is 4.84. The Hall–Kier alpha value is -0.110. The van der Waals surface area contributed by atoms with Crippen LogP contribution in [0.3, 0.4) is 0 Å². The van der Waals surface area contributed by atoms with Crippen LogP contribution in [0.4, 0.5) is 0 Å². The highest BCUT2D eigenvalue weighted by Crippen LogP contribution is 1.53. The van der Waals surface area contributed by atoms with Crippen molar-refractivity contribution in [3.8, 4) is 0 Å². The minimum Gasteiger partial charge on any atom is -1.00 e. The van der Waals surface area contributed by atoms with Crippen molar-refractivity contribution in [1.29, 1.82) is 0 Å². The monoisotopic (exact) mass is 124 g/mol. The van der Waals surface area contributed by atoms with Crippen LogP contribution in [-0.2, 0) is 0 Å². The second-order valence-electron chi connectivity index (χ2n) is 0.516. The van der Waals surface area contributed by atoms with E-state index in [4.69, 9.17) is 5.73 Å². The van der Waals surface area contributed by atoms with Gasteiger partial charge in [0.15, 0.2) is 6.72 Å². The summed E-state index contributed by atoms with van der Waals surface area (Å²) in [6, 6.07) is 0. The van der Waals surface area contributed by atoms with E-state index in [0.29, 0.717) is 0 Å². The number of nitrogens with zero attached hydrogens (tertiary/aromatic N) is 1. The molecule has 0 aromatic carbocycles. The SMILES string of the molecule is C=[N+]=C(N)S.[Cl-]. The van der Waals surface area contributed by atoms with Gasteiger partial charge in [-0.05, 0) is 12.6 Å². The molecule has 0 spiro atoms. The van der Waals surface area contributed by atoms with Crippen LogP contribution in [0.5, 0.6) is 0 Å². The first-order valence-electron chi connectivity index (χ1n) is 1.05. The van der Waals surface area contributed by atoms with Crippen LogP contribution in [0.25, 0.3) is 0 Å². The summed E-state index contributed by atoms with van der Waals surface area (Å²) in [5.41, 5.74) is 4.84. The van der Waals surface area contributed by atoms with Crippen molar-refractivity contribution in [1.82, 2.24) is 4.67 Å². The quantitative estimate of drug-likeness (QED) is 0.147. The Kier molecular flexibility index (Phi) is 7.59. The topological polar surface area (TPSA) is 40.1 Å². The lowest BCUT2D eigenvalue weighted by Crippen LogP contribution is -3.00. The highest BCUT2D eigenvalue weighted by atomic mass is 35.5. The summed E-state index contributed by atoms with van der Waals surface area (Å²) in [6.45, 7) is 3.07. The fourth-order valence-corrected chi connectivity index (χ4v) is 0. The first kappa shape index (κ1) is 9.31. The van der Waals surface area contributed by atoms with Crippen molar-refractivity contribution >= 4 is 24.5 Å². The minimum atomic E-state index is 0. The second-order valence-corrected chi connectivity index (χ2v) is 0.975. The van der Waals surface area contributed by atoms with Gasteiger partial charge in [0.2, 0.25) is 0 Å². The first-order chi connectivity index (χ1) is 2.27. The van der Waals surface area contributed by atoms with Gasteiger partial charge in [0, 0.05) is 0 Å². The zero-order valence-electron chi connectivity index (χ0n) is 3.06. The molecule has 0 heterocycles. The number of halogens is 1. The zero-order chi connectivity index (χ0) is 4.28. The van der Waals surface area contributed by atoms with Gasteiger partial charge in [-0.3, -0.25) is 5.73 Å². The smallest absolute Gasteiger partial charge is 0.398 e.